The summed E-state index contributed by atoms with van der Waals surface area (Å²) < 4.78 is 0. The van der Waals surface area contributed by atoms with E-state index in [4.69, 9.17) is 4.99 Å². The van der Waals surface area contributed by atoms with E-state index in [-0.39, 0.29) is 5.41 Å². The summed E-state index contributed by atoms with van der Waals surface area (Å²) in [6.07, 6.45) is 4.24. The van der Waals surface area contributed by atoms with Gasteiger partial charge in [-0.25, -0.2) is 0 Å². The summed E-state index contributed by atoms with van der Waals surface area (Å²) in [7, 11) is 0. The number of nitrogens with zero attached hydrogens (tertiary/aromatic N) is 1. The smallest absolute Gasteiger partial charge is 0.0632 e. The SMILES string of the molecule is CC1(C)CC(Nc2ccccc2)=CC(=Nc2ccccc2)C1. The maximum absolute atomic E-state index is 4.81. The van der Waals surface area contributed by atoms with E-state index in [0.29, 0.717) is 0 Å². The Hall–Kier alpha value is -2.35. The van der Waals surface area contributed by atoms with Crippen LogP contribution in [0, 0.1) is 5.41 Å². The van der Waals surface area contributed by atoms with E-state index in [1.165, 1.54) is 5.70 Å². The van der Waals surface area contributed by atoms with Crippen LogP contribution >= 0.6 is 0 Å². The zero-order chi connectivity index (χ0) is 15.4. The average Bonchev–Trinajstić information content (AvgIpc) is 2.47. The molecule has 0 heterocycles. The van der Waals surface area contributed by atoms with E-state index in [1.807, 2.05) is 36.4 Å². The fraction of sp³-hybridized carbons (Fsp3) is 0.250. The maximum Gasteiger partial charge on any atom is 0.0632 e. The minimum atomic E-state index is 0.222. The van der Waals surface area contributed by atoms with Crippen LogP contribution in [-0.4, -0.2) is 5.71 Å². The number of aliphatic imine (C=N–C) groups is 1. The highest BCUT2D eigenvalue weighted by Gasteiger charge is 2.26. The third-order valence-corrected chi connectivity index (χ3v) is 3.78. The van der Waals surface area contributed by atoms with Gasteiger partial charge in [0.1, 0.15) is 0 Å². The van der Waals surface area contributed by atoms with Crippen LogP contribution in [0.2, 0.25) is 0 Å². The monoisotopic (exact) mass is 290 g/mol. The largest absolute Gasteiger partial charge is 0.359 e. The van der Waals surface area contributed by atoms with E-state index in [1.54, 1.807) is 0 Å². The highest BCUT2D eigenvalue weighted by molar-refractivity contribution is 5.99. The lowest BCUT2D eigenvalue weighted by Crippen LogP contribution is -2.24. The lowest BCUT2D eigenvalue weighted by molar-refractivity contribution is 0.374. The first-order valence-electron chi connectivity index (χ1n) is 7.76. The van der Waals surface area contributed by atoms with Crippen LogP contribution in [0.5, 0.6) is 0 Å². The molecular weight excluding hydrogens is 268 g/mol. The zero-order valence-corrected chi connectivity index (χ0v) is 13.2. The number of allylic oxidation sites excluding steroid dienone is 2. The van der Waals surface area contributed by atoms with Gasteiger partial charge in [-0.1, -0.05) is 50.2 Å². The summed E-state index contributed by atoms with van der Waals surface area (Å²) in [6, 6.07) is 20.5. The van der Waals surface area contributed by atoms with Gasteiger partial charge < -0.3 is 5.32 Å². The molecule has 0 bridgehead atoms. The van der Waals surface area contributed by atoms with Gasteiger partial charge in [0, 0.05) is 17.1 Å². The number of hydrogen-bond acceptors (Lipinski definition) is 2. The number of nitrogens with one attached hydrogen (secondary N) is 1. The van der Waals surface area contributed by atoms with Crippen molar-refractivity contribution in [2.24, 2.45) is 10.4 Å². The van der Waals surface area contributed by atoms with Gasteiger partial charge in [-0.05, 0) is 48.6 Å². The molecule has 3 rings (SSSR count). The Morgan fingerprint density at radius 1 is 0.864 bits per heavy atom. The second-order valence-corrected chi connectivity index (χ2v) is 6.62. The van der Waals surface area contributed by atoms with Crippen molar-refractivity contribution in [1.29, 1.82) is 0 Å². The summed E-state index contributed by atoms with van der Waals surface area (Å²) in [5, 5.41) is 3.53. The summed E-state index contributed by atoms with van der Waals surface area (Å²) in [5.41, 5.74) is 4.74. The van der Waals surface area contributed by atoms with Gasteiger partial charge >= 0.3 is 0 Å². The standard InChI is InChI=1S/C20H22N2/c1-20(2)14-18(21-16-9-5-3-6-10-16)13-19(15-20)22-17-11-7-4-8-12-17/h3-13,21H,14-15H2,1-2H3. The zero-order valence-electron chi connectivity index (χ0n) is 13.2. The predicted molar refractivity (Wildman–Crippen MR) is 94.7 cm³/mol. The minimum absolute atomic E-state index is 0.222. The summed E-state index contributed by atoms with van der Waals surface area (Å²) in [5.74, 6) is 0. The first-order valence-corrected chi connectivity index (χ1v) is 7.76. The molecule has 0 saturated heterocycles. The number of anilines is 1. The molecule has 1 aliphatic carbocycles. The molecular formula is C20H22N2. The molecule has 2 aromatic rings. The van der Waals surface area contributed by atoms with E-state index in [2.05, 4.69) is 49.5 Å². The minimum Gasteiger partial charge on any atom is -0.359 e. The van der Waals surface area contributed by atoms with Crippen LogP contribution in [0.3, 0.4) is 0 Å². The van der Waals surface area contributed by atoms with E-state index >= 15 is 0 Å². The van der Waals surface area contributed by atoms with Crippen molar-refractivity contribution in [2.45, 2.75) is 26.7 Å². The van der Waals surface area contributed by atoms with Gasteiger partial charge in [-0.15, -0.1) is 0 Å². The molecule has 2 nitrogen and oxygen atoms in total. The fourth-order valence-corrected chi connectivity index (χ4v) is 2.90. The van der Waals surface area contributed by atoms with Crippen molar-refractivity contribution >= 4 is 17.1 Å². The number of benzene rings is 2. The fourth-order valence-electron chi connectivity index (χ4n) is 2.90. The molecule has 0 spiro atoms. The molecule has 22 heavy (non-hydrogen) atoms. The molecule has 0 aromatic heterocycles. The Morgan fingerprint density at radius 3 is 2.18 bits per heavy atom. The molecule has 2 heteroatoms. The molecule has 0 amide bonds. The van der Waals surface area contributed by atoms with Gasteiger partial charge in [-0.2, -0.15) is 0 Å². The quantitative estimate of drug-likeness (QED) is 0.784. The number of para-hydroxylation sites is 2. The molecule has 2 aromatic carbocycles. The highest BCUT2D eigenvalue weighted by atomic mass is 14.9. The third-order valence-electron chi connectivity index (χ3n) is 3.78. The van der Waals surface area contributed by atoms with Crippen molar-refractivity contribution < 1.29 is 0 Å². The third kappa shape index (κ3) is 3.85. The second-order valence-electron chi connectivity index (χ2n) is 6.62. The Bertz CT molecular complexity index is 682. The van der Waals surface area contributed by atoms with Crippen LogP contribution < -0.4 is 5.32 Å². The van der Waals surface area contributed by atoms with Crippen molar-refractivity contribution in [2.75, 3.05) is 5.32 Å². The normalized spacial score (nSPS) is 18.8. The van der Waals surface area contributed by atoms with Crippen LogP contribution in [0.1, 0.15) is 26.7 Å². The van der Waals surface area contributed by atoms with Crippen LogP contribution in [-0.2, 0) is 0 Å². The number of rotatable bonds is 3. The van der Waals surface area contributed by atoms with Crippen molar-refractivity contribution in [3.8, 4) is 0 Å². The molecule has 0 saturated carbocycles. The molecule has 1 aliphatic rings. The molecule has 0 aliphatic heterocycles. The molecule has 0 radical (unpaired) electrons. The van der Waals surface area contributed by atoms with Crippen LogP contribution in [0.4, 0.5) is 11.4 Å². The van der Waals surface area contributed by atoms with Gasteiger partial charge in [0.25, 0.3) is 0 Å². The first kappa shape index (κ1) is 14.6. The maximum atomic E-state index is 4.81. The predicted octanol–water partition coefficient (Wildman–Crippen LogP) is 5.58. The van der Waals surface area contributed by atoms with Crippen molar-refractivity contribution in [3.63, 3.8) is 0 Å². The van der Waals surface area contributed by atoms with Gasteiger partial charge in [0.05, 0.1) is 5.69 Å². The van der Waals surface area contributed by atoms with Crippen LogP contribution in [0.25, 0.3) is 0 Å². The topological polar surface area (TPSA) is 24.4 Å². The van der Waals surface area contributed by atoms with Crippen LogP contribution in [0.15, 0.2) is 77.4 Å². The lowest BCUT2D eigenvalue weighted by Gasteiger charge is -2.31. The lowest BCUT2D eigenvalue weighted by atomic mass is 9.78. The van der Waals surface area contributed by atoms with Gasteiger partial charge in [0.2, 0.25) is 0 Å². The van der Waals surface area contributed by atoms with E-state index in [0.717, 1.165) is 29.9 Å². The number of hydrogen-bond donors (Lipinski definition) is 1. The summed E-state index contributed by atoms with van der Waals surface area (Å²) in [6.45, 7) is 4.60. The van der Waals surface area contributed by atoms with E-state index in [9.17, 15) is 0 Å². The summed E-state index contributed by atoms with van der Waals surface area (Å²) >= 11 is 0. The van der Waals surface area contributed by atoms with E-state index < -0.39 is 0 Å². The molecule has 0 unspecified atom stereocenters. The Labute approximate surface area is 132 Å². The van der Waals surface area contributed by atoms with Crippen molar-refractivity contribution in [1.82, 2.24) is 0 Å². The molecule has 0 fully saturated rings. The second kappa shape index (κ2) is 6.18. The van der Waals surface area contributed by atoms with Crippen molar-refractivity contribution in [3.05, 3.63) is 72.4 Å². The molecule has 112 valence electrons. The molecule has 0 atom stereocenters. The molecule has 1 N–H and O–H groups in total. The Kier molecular flexibility index (Phi) is 4.10. The Balaban J connectivity index is 1.87. The highest BCUT2D eigenvalue weighted by Crippen LogP contribution is 2.35. The Morgan fingerprint density at radius 2 is 1.50 bits per heavy atom. The van der Waals surface area contributed by atoms with Gasteiger partial charge in [0.15, 0.2) is 0 Å². The van der Waals surface area contributed by atoms with Gasteiger partial charge in [-0.3, -0.25) is 4.99 Å². The first-order chi connectivity index (χ1) is 10.6. The summed E-state index contributed by atoms with van der Waals surface area (Å²) in [4.78, 5) is 4.81. The average molecular weight is 290 g/mol.